The summed E-state index contributed by atoms with van der Waals surface area (Å²) < 4.78 is 20.1. The largest absolute Gasteiger partial charge is 0.435 e. The third kappa shape index (κ3) is 3.18. The highest BCUT2D eigenvalue weighted by atomic mass is 79.9. The Morgan fingerprint density at radius 2 is 1.94 bits per heavy atom. The molecule has 1 heterocycles. The predicted molar refractivity (Wildman–Crippen MR) is 71.1 cm³/mol. The highest BCUT2D eigenvalue weighted by Crippen LogP contribution is 2.32. The van der Waals surface area contributed by atoms with Gasteiger partial charge in [0.25, 0.3) is 5.88 Å². The first-order valence-corrected chi connectivity index (χ1v) is 6.46. The summed E-state index contributed by atoms with van der Waals surface area (Å²) in [7, 11) is 0. The number of rotatable bonds is 2. The number of benzene rings is 1. The number of hydrogen-bond donors (Lipinski definition) is 0. The van der Waals surface area contributed by atoms with Gasteiger partial charge in [0.1, 0.15) is 5.75 Å². The van der Waals surface area contributed by atoms with E-state index in [0.717, 1.165) is 4.47 Å². The lowest BCUT2D eigenvalue weighted by Crippen LogP contribution is -1.92. The minimum atomic E-state index is -0.557. The predicted octanol–water partition coefficient (Wildman–Crippen LogP) is 5.19. The standard InChI is InChI=1S/C11H5Br2ClFNO/c12-6-1-2-10(8(14)3-6)17-11-9(15)4-7(13)5-16-11/h1-5H. The molecular weight excluding hydrogens is 376 g/mol. The molecule has 0 N–H and O–H groups in total. The summed E-state index contributed by atoms with van der Waals surface area (Å²) in [5.74, 6) is -0.320. The van der Waals surface area contributed by atoms with E-state index in [2.05, 4.69) is 36.8 Å². The maximum Gasteiger partial charge on any atom is 0.255 e. The number of hydrogen-bond acceptors (Lipinski definition) is 2. The molecular formula is C11H5Br2ClFNO. The zero-order valence-electron chi connectivity index (χ0n) is 8.25. The Morgan fingerprint density at radius 3 is 2.59 bits per heavy atom. The average Bonchev–Trinajstić information content (AvgIpc) is 2.25. The molecule has 0 bridgehead atoms. The first-order valence-electron chi connectivity index (χ1n) is 4.50. The molecule has 0 spiro atoms. The van der Waals surface area contributed by atoms with Crippen LogP contribution in [0, 0.1) is 5.82 Å². The van der Waals surface area contributed by atoms with Crippen LogP contribution in [-0.4, -0.2) is 4.98 Å². The minimum absolute atomic E-state index is 0.113. The summed E-state index contributed by atoms with van der Waals surface area (Å²) in [6.07, 6.45) is 1.45. The zero-order valence-corrected chi connectivity index (χ0v) is 12.2. The molecule has 0 aliphatic carbocycles. The molecule has 0 radical (unpaired) electrons. The number of pyridine rings is 1. The van der Waals surface area contributed by atoms with Gasteiger partial charge in [0, 0.05) is 15.1 Å². The normalized spacial score (nSPS) is 10.4. The van der Waals surface area contributed by atoms with E-state index in [1.165, 1.54) is 12.3 Å². The van der Waals surface area contributed by atoms with E-state index in [9.17, 15) is 4.39 Å². The van der Waals surface area contributed by atoms with Crippen molar-refractivity contribution in [1.29, 1.82) is 0 Å². The van der Waals surface area contributed by atoms with Crippen molar-refractivity contribution in [3.63, 3.8) is 0 Å². The van der Waals surface area contributed by atoms with Gasteiger partial charge in [0.15, 0.2) is 5.82 Å². The molecule has 2 nitrogen and oxygen atoms in total. The summed E-state index contributed by atoms with van der Waals surface area (Å²) in [5, 5.41) is 0.378. The summed E-state index contributed by atoms with van der Waals surface area (Å²) >= 11 is 12.3. The summed E-state index contributed by atoms with van der Waals surface area (Å²) in [6.45, 7) is 0. The highest BCUT2D eigenvalue weighted by Gasteiger charge is 2.09. The molecule has 0 atom stereocenters. The lowest BCUT2D eigenvalue weighted by Gasteiger charge is -2.07. The van der Waals surface area contributed by atoms with Crippen LogP contribution in [0.4, 0.5) is 4.39 Å². The fourth-order valence-corrected chi connectivity index (χ4v) is 2.15. The third-order valence-corrected chi connectivity index (χ3v) is 3.10. The van der Waals surface area contributed by atoms with Gasteiger partial charge in [-0.05, 0) is 40.2 Å². The fraction of sp³-hybridized carbons (Fsp3) is 0. The topological polar surface area (TPSA) is 22.1 Å². The van der Waals surface area contributed by atoms with Gasteiger partial charge >= 0.3 is 0 Å². The Morgan fingerprint density at radius 1 is 1.18 bits per heavy atom. The molecule has 0 saturated heterocycles. The lowest BCUT2D eigenvalue weighted by molar-refractivity contribution is 0.422. The molecule has 0 fully saturated rings. The van der Waals surface area contributed by atoms with Crippen molar-refractivity contribution in [3.05, 3.63) is 50.2 Å². The minimum Gasteiger partial charge on any atom is -0.435 e. The van der Waals surface area contributed by atoms with Crippen molar-refractivity contribution in [2.24, 2.45) is 0 Å². The number of halogens is 4. The van der Waals surface area contributed by atoms with Crippen LogP contribution >= 0.6 is 43.5 Å². The monoisotopic (exact) mass is 379 g/mol. The van der Waals surface area contributed by atoms with Crippen LogP contribution in [0.25, 0.3) is 0 Å². The first-order chi connectivity index (χ1) is 8.06. The fourth-order valence-electron chi connectivity index (χ4n) is 1.14. The second kappa shape index (κ2) is 5.33. The number of aromatic nitrogens is 1. The molecule has 0 saturated carbocycles. The van der Waals surface area contributed by atoms with Gasteiger partial charge in [-0.3, -0.25) is 0 Å². The average molecular weight is 381 g/mol. The molecule has 0 aliphatic rings. The van der Waals surface area contributed by atoms with Gasteiger partial charge in [-0.25, -0.2) is 9.37 Å². The molecule has 0 amide bonds. The van der Waals surface area contributed by atoms with Crippen molar-refractivity contribution < 1.29 is 9.13 Å². The molecule has 2 rings (SSSR count). The van der Waals surface area contributed by atoms with Gasteiger partial charge in [-0.1, -0.05) is 27.5 Å². The Kier molecular flexibility index (Phi) is 4.01. The quantitative estimate of drug-likeness (QED) is 0.714. The third-order valence-electron chi connectivity index (χ3n) is 1.87. The molecule has 17 heavy (non-hydrogen) atoms. The van der Waals surface area contributed by atoms with Crippen LogP contribution in [0.2, 0.25) is 5.02 Å². The zero-order chi connectivity index (χ0) is 12.4. The van der Waals surface area contributed by atoms with Gasteiger partial charge in [-0.15, -0.1) is 0 Å². The molecule has 1 aromatic carbocycles. The molecule has 88 valence electrons. The second-order valence-corrected chi connectivity index (χ2v) is 5.36. The van der Waals surface area contributed by atoms with Crippen molar-refractivity contribution in [3.8, 4) is 11.6 Å². The smallest absolute Gasteiger partial charge is 0.255 e. The van der Waals surface area contributed by atoms with Crippen LogP contribution in [-0.2, 0) is 0 Å². The highest BCUT2D eigenvalue weighted by molar-refractivity contribution is 9.10. The Balaban J connectivity index is 2.31. The Bertz CT molecular complexity index is 516. The van der Waals surface area contributed by atoms with Gasteiger partial charge in [0.05, 0.1) is 5.02 Å². The van der Waals surface area contributed by atoms with Gasteiger partial charge < -0.3 is 4.74 Å². The molecule has 1 aromatic heterocycles. The SMILES string of the molecule is Fc1cc(Br)cnc1Oc1ccc(Br)cc1Cl. The summed E-state index contributed by atoms with van der Waals surface area (Å²) in [6, 6.07) is 6.32. The summed E-state index contributed by atoms with van der Waals surface area (Å²) in [5.41, 5.74) is 0. The van der Waals surface area contributed by atoms with E-state index in [1.807, 2.05) is 0 Å². The Hall–Kier alpha value is -0.650. The van der Waals surface area contributed by atoms with Crippen LogP contribution in [0.1, 0.15) is 0 Å². The lowest BCUT2D eigenvalue weighted by atomic mass is 10.3. The van der Waals surface area contributed by atoms with Gasteiger partial charge in [0.2, 0.25) is 0 Å². The van der Waals surface area contributed by atoms with Crippen LogP contribution in [0.3, 0.4) is 0 Å². The maximum atomic E-state index is 13.5. The first kappa shape index (κ1) is 12.8. The van der Waals surface area contributed by atoms with Crippen LogP contribution in [0.5, 0.6) is 11.6 Å². The molecule has 6 heteroatoms. The van der Waals surface area contributed by atoms with E-state index in [1.54, 1.807) is 18.2 Å². The van der Waals surface area contributed by atoms with Crippen molar-refractivity contribution in [2.45, 2.75) is 0 Å². The number of ether oxygens (including phenoxy) is 1. The van der Waals surface area contributed by atoms with Crippen molar-refractivity contribution >= 4 is 43.5 Å². The maximum absolute atomic E-state index is 13.5. The van der Waals surface area contributed by atoms with Gasteiger partial charge in [-0.2, -0.15) is 0 Å². The van der Waals surface area contributed by atoms with E-state index in [4.69, 9.17) is 16.3 Å². The van der Waals surface area contributed by atoms with E-state index in [0.29, 0.717) is 15.2 Å². The molecule has 2 aromatic rings. The van der Waals surface area contributed by atoms with Crippen LogP contribution < -0.4 is 4.74 Å². The molecule has 0 unspecified atom stereocenters. The summed E-state index contributed by atoms with van der Waals surface area (Å²) in [4.78, 5) is 3.82. The van der Waals surface area contributed by atoms with E-state index < -0.39 is 5.82 Å². The molecule has 0 aliphatic heterocycles. The van der Waals surface area contributed by atoms with E-state index in [-0.39, 0.29) is 5.88 Å². The number of nitrogens with zero attached hydrogens (tertiary/aromatic N) is 1. The van der Waals surface area contributed by atoms with Crippen molar-refractivity contribution in [2.75, 3.05) is 0 Å². The second-order valence-electron chi connectivity index (χ2n) is 3.12. The Labute approximate surface area is 119 Å². The van der Waals surface area contributed by atoms with E-state index >= 15 is 0 Å². The van der Waals surface area contributed by atoms with Crippen LogP contribution in [0.15, 0.2) is 39.4 Å². The van der Waals surface area contributed by atoms with Crippen molar-refractivity contribution in [1.82, 2.24) is 4.98 Å².